The van der Waals surface area contributed by atoms with E-state index in [1.54, 1.807) is 17.4 Å². The van der Waals surface area contributed by atoms with E-state index in [4.69, 9.17) is 11.6 Å². The molecule has 1 N–H and O–H groups in total. The Morgan fingerprint density at radius 3 is 2.84 bits per heavy atom. The van der Waals surface area contributed by atoms with Gasteiger partial charge in [-0.2, -0.15) is 0 Å². The van der Waals surface area contributed by atoms with Crippen LogP contribution < -0.4 is 5.32 Å². The SMILES string of the molecule is Cc1nc(C(C)Nc2ccc(Cl)c([N+](=O)[O-])c2)cs1. The number of hydrogen-bond acceptors (Lipinski definition) is 5. The second kappa shape index (κ2) is 5.54. The van der Waals surface area contributed by atoms with Gasteiger partial charge in [-0.15, -0.1) is 11.3 Å². The maximum absolute atomic E-state index is 10.8. The molecule has 0 radical (unpaired) electrons. The summed E-state index contributed by atoms with van der Waals surface area (Å²) in [6.45, 7) is 3.89. The van der Waals surface area contributed by atoms with Gasteiger partial charge in [0.2, 0.25) is 0 Å². The lowest BCUT2D eigenvalue weighted by Gasteiger charge is -2.13. The molecule has 5 nitrogen and oxygen atoms in total. The Morgan fingerprint density at radius 2 is 2.26 bits per heavy atom. The van der Waals surface area contributed by atoms with Crippen LogP contribution in [0.25, 0.3) is 0 Å². The van der Waals surface area contributed by atoms with Crippen LogP contribution in [0, 0.1) is 17.0 Å². The molecule has 0 amide bonds. The Balaban J connectivity index is 2.19. The summed E-state index contributed by atoms with van der Waals surface area (Å²) in [5.41, 5.74) is 1.46. The largest absolute Gasteiger partial charge is 0.377 e. The molecule has 1 aromatic heterocycles. The zero-order chi connectivity index (χ0) is 14.0. The maximum Gasteiger partial charge on any atom is 0.289 e. The summed E-state index contributed by atoms with van der Waals surface area (Å²) >= 11 is 7.34. The predicted octanol–water partition coefficient (Wildman–Crippen LogP) is 4.19. The van der Waals surface area contributed by atoms with Crippen LogP contribution in [-0.2, 0) is 0 Å². The smallest absolute Gasteiger partial charge is 0.289 e. The van der Waals surface area contributed by atoms with Gasteiger partial charge in [-0.1, -0.05) is 11.6 Å². The fourth-order valence-electron chi connectivity index (χ4n) is 1.65. The van der Waals surface area contributed by atoms with Crippen LogP contribution >= 0.6 is 22.9 Å². The molecule has 2 aromatic rings. The van der Waals surface area contributed by atoms with E-state index in [2.05, 4.69) is 10.3 Å². The number of nitro benzene ring substituents is 1. The van der Waals surface area contributed by atoms with Crippen molar-refractivity contribution in [3.05, 3.63) is 49.4 Å². The summed E-state index contributed by atoms with van der Waals surface area (Å²) in [7, 11) is 0. The highest BCUT2D eigenvalue weighted by Crippen LogP contribution is 2.29. The number of aromatic nitrogens is 1. The third-order valence-electron chi connectivity index (χ3n) is 2.61. The molecule has 7 heteroatoms. The number of benzene rings is 1. The molecule has 0 fully saturated rings. The molecule has 1 heterocycles. The molecule has 2 rings (SSSR count). The average Bonchev–Trinajstić information content (AvgIpc) is 2.78. The lowest BCUT2D eigenvalue weighted by atomic mass is 10.2. The standard InChI is InChI=1S/C12H12ClN3O2S/c1-7(11-6-19-8(2)15-11)14-9-3-4-10(13)12(5-9)16(17)18/h3-7,14H,1-2H3. The van der Waals surface area contributed by atoms with Crippen molar-refractivity contribution in [3.8, 4) is 0 Å². The van der Waals surface area contributed by atoms with Crippen LogP contribution in [0.4, 0.5) is 11.4 Å². The molecule has 1 atom stereocenters. The second-order valence-electron chi connectivity index (χ2n) is 4.08. The fourth-order valence-corrected chi connectivity index (χ4v) is 2.54. The van der Waals surface area contributed by atoms with Crippen LogP contribution in [0.5, 0.6) is 0 Å². The Kier molecular flexibility index (Phi) is 4.01. The number of nitrogens with one attached hydrogen (secondary N) is 1. The molecule has 19 heavy (non-hydrogen) atoms. The van der Waals surface area contributed by atoms with Crippen molar-refractivity contribution < 1.29 is 4.92 Å². The first-order chi connectivity index (χ1) is 8.97. The Labute approximate surface area is 119 Å². The van der Waals surface area contributed by atoms with Gasteiger partial charge in [-0.25, -0.2) is 4.98 Å². The molecule has 0 aliphatic rings. The van der Waals surface area contributed by atoms with Gasteiger partial charge in [0.1, 0.15) is 5.02 Å². The van der Waals surface area contributed by atoms with E-state index in [-0.39, 0.29) is 16.8 Å². The van der Waals surface area contributed by atoms with Crippen molar-refractivity contribution in [1.29, 1.82) is 0 Å². The highest BCUT2D eigenvalue weighted by Gasteiger charge is 2.15. The predicted molar refractivity (Wildman–Crippen MR) is 77.0 cm³/mol. The minimum atomic E-state index is -0.495. The van der Waals surface area contributed by atoms with E-state index in [1.807, 2.05) is 19.2 Å². The number of nitrogens with zero attached hydrogens (tertiary/aromatic N) is 2. The third kappa shape index (κ3) is 3.21. The van der Waals surface area contributed by atoms with Gasteiger partial charge >= 0.3 is 0 Å². The lowest BCUT2D eigenvalue weighted by molar-refractivity contribution is -0.384. The van der Waals surface area contributed by atoms with Crippen molar-refractivity contribution in [2.75, 3.05) is 5.32 Å². The minimum absolute atomic E-state index is 0.0225. The lowest BCUT2D eigenvalue weighted by Crippen LogP contribution is -2.07. The van der Waals surface area contributed by atoms with E-state index in [9.17, 15) is 10.1 Å². The molecule has 0 spiro atoms. The molecule has 0 bridgehead atoms. The molecular weight excluding hydrogens is 286 g/mol. The van der Waals surface area contributed by atoms with Crippen molar-refractivity contribution in [2.24, 2.45) is 0 Å². The first-order valence-corrected chi connectivity index (χ1v) is 6.85. The van der Waals surface area contributed by atoms with Crippen LogP contribution in [0.1, 0.15) is 23.7 Å². The molecule has 0 aliphatic heterocycles. The first-order valence-electron chi connectivity index (χ1n) is 5.60. The summed E-state index contributed by atoms with van der Waals surface area (Å²) in [6.07, 6.45) is 0. The quantitative estimate of drug-likeness (QED) is 0.679. The summed E-state index contributed by atoms with van der Waals surface area (Å²) in [5, 5.41) is 17.1. The summed E-state index contributed by atoms with van der Waals surface area (Å²) in [4.78, 5) is 14.7. The van der Waals surface area contributed by atoms with Gasteiger partial charge in [0.15, 0.2) is 0 Å². The highest BCUT2D eigenvalue weighted by atomic mass is 35.5. The number of halogens is 1. The minimum Gasteiger partial charge on any atom is -0.377 e. The molecule has 1 aromatic carbocycles. The van der Waals surface area contributed by atoms with Crippen molar-refractivity contribution in [1.82, 2.24) is 4.98 Å². The van der Waals surface area contributed by atoms with Crippen molar-refractivity contribution >= 4 is 34.3 Å². The van der Waals surface area contributed by atoms with Crippen molar-refractivity contribution in [2.45, 2.75) is 19.9 Å². The normalized spacial score (nSPS) is 12.2. The summed E-state index contributed by atoms with van der Waals surface area (Å²) in [6, 6.07) is 4.63. The molecular formula is C12H12ClN3O2S. The molecule has 100 valence electrons. The first kappa shape index (κ1) is 13.8. The Hall–Kier alpha value is -1.66. The van der Waals surface area contributed by atoms with Gasteiger partial charge in [-0.3, -0.25) is 10.1 Å². The number of rotatable bonds is 4. The number of hydrogen-bond donors (Lipinski definition) is 1. The summed E-state index contributed by atoms with van der Waals surface area (Å²) in [5.74, 6) is 0. The number of aryl methyl sites for hydroxylation is 1. The van der Waals surface area contributed by atoms with Crippen LogP contribution in [0.3, 0.4) is 0 Å². The second-order valence-corrected chi connectivity index (χ2v) is 5.55. The zero-order valence-corrected chi connectivity index (χ0v) is 12.0. The van der Waals surface area contributed by atoms with Gasteiger partial charge in [0, 0.05) is 17.1 Å². The average molecular weight is 298 g/mol. The number of thiazole rings is 1. The van der Waals surface area contributed by atoms with Gasteiger partial charge in [0.05, 0.1) is 21.7 Å². The molecule has 0 saturated heterocycles. The van der Waals surface area contributed by atoms with E-state index < -0.39 is 4.92 Å². The molecule has 1 unspecified atom stereocenters. The highest BCUT2D eigenvalue weighted by molar-refractivity contribution is 7.09. The van der Waals surface area contributed by atoms with E-state index in [1.165, 1.54) is 12.1 Å². The maximum atomic E-state index is 10.8. The van der Waals surface area contributed by atoms with E-state index >= 15 is 0 Å². The number of nitro groups is 1. The van der Waals surface area contributed by atoms with E-state index in [0.29, 0.717) is 5.69 Å². The number of anilines is 1. The van der Waals surface area contributed by atoms with Gasteiger partial charge < -0.3 is 5.32 Å². The fraction of sp³-hybridized carbons (Fsp3) is 0.250. The Morgan fingerprint density at radius 1 is 1.53 bits per heavy atom. The molecule has 0 aliphatic carbocycles. The Bertz CT molecular complexity index is 615. The van der Waals surface area contributed by atoms with E-state index in [0.717, 1.165) is 10.7 Å². The van der Waals surface area contributed by atoms with Crippen LogP contribution in [-0.4, -0.2) is 9.91 Å². The summed E-state index contributed by atoms with van der Waals surface area (Å²) < 4.78 is 0. The van der Waals surface area contributed by atoms with Crippen LogP contribution in [0.2, 0.25) is 5.02 Å². The van der Waals surface area contributed by atoms with Crippen LogP contribution in [0.15, 0.2) is 23.6 Å². The van der Waals surface area contributed by atoms with Crippen molar-refractivity contribution in [3.63, 3.8) is 0 Å². The monoisotopic (exact) mass is 297 g/mol. The topological polar surface area (TPSA) is 68.1 Å². The van der Waals surface area contributed by atoms with Gasteiger partial charge in [-0.05, 0) is 26.0 Å². The third-order valence-corrected chi connectivity index (χ3v) is 3.72. The van der Waals surface area contributed by atoms with Gasteiger partial charge in [0.25, 0.3) is 5.69 Å². The molecule has 0 saturated carbocycles. The zero-order valence-electron chi connectivity index (χ0n) is 10.4.